The average Bonchev–Trinajstić information content (AvgIpc) is 3.76. The van der Waals surface area contributed by atoms with E-state index in [1.165, 1.54) is 16.6 Å². The molecule has 182 valence electrons. The molecule has 35 heavy (non-hydrogen) atoms. The van der Waals surface area contributed by atoms with E-state index in [9.17, 15) is 9.90 Å². The Morgan fingerprint density at radius 3 is 2.57 bits per heavy atom. The third-order valence-corrected chi connectivity index (χ3v) is 5.96. The van der Waals surface area contributed by atoms with Gasteiger partial charge < -0.3 is 21.1 Å². The molecule has 3 aromatic heterocycles. The number of carbonyl (C=O) groups excluding carboxylic acids is 1. The molecule has 11 heteroatoms. The van der Waals surface area contributed by atoms with Crippen molar-refractivity contribution in [2.75, 3.05) is 17.2 Å². The third kappa shape index (κ3) is 5.14. The number of aliphatic hydroxyl groups excluding tert-OH is 1. The summed E-state index contributed by atoms with van der Waals surface area (Å²) in [5.74, 6) is 0.688. The van der Waals surface area contributed by atoms with Crippen LogP contribution in [-0.2, 0) is 7.05 Å². The highest BCUT2D eigenvalue weighted by Crippen LogP contribution is 2.42. The summed E-state index contributed by atoms with van der Waals surface area (Å²) in [5.41, 5.74) is 4.53. The van der Waals surface area contributed by atoms with Crippen LogP contribution in [0.1, 0.15) is 67.3 Å². The van der Waals surface area contributed by atoms with Gasteiger partial charge in [-0.25, -0.2) is 19.9 Å². The normalized spacial score (nSPS) is 15.0. The van der Waals surface area contributed by atoms with Gasteiger partial charge in [-0.1, -0.05) is 0 Å². The molecule has 0 aromatic carbocycles. The summed E-state index contributed by atoms with van der Waals surface area (Å²) in [7, 11) is 1.71. The predicted molar refractivity (Wildman–Crippen MR) is 131 cm³/mol. The second kappa shape index (κ2) is 9.06. The maximum absolute atomic E-state index is 13.1. The van der Waals surface area contributed by atoms with Crippen LogP contribution >= 0.6 is 0 Å². The van der Waals surface area contributed by atoms with Crippen LogP contribution in [0.4, 0.5) is 17.2 Å². The number of aromatic nitrogens is 6. The molecule has 1 amide bonds. The molecule has 5 rings (SSSR count). The summed E-state index contributed by atoms with van der Waals surface area (Å²) in [5, 5.41) is 23.5. The largest absolute Gasteiger partial charge is 0.394 e. The van der Waals surface area contributed by atoms with Crippen LogP contribution in [-0.4, -0.2) is 52.9 Å². The smallest absolute Gasteiger partial charge is 0.272 e. The maximum Gasteiger partial charge on any atom is 0.272 e. The van der Waals surface area contributed by atoms with Gasteiger partial charge in [-0.15, -0.1) is 0 Å². The number of anilines is 3. The fourth-order valence-corrected chi connectivity index (χ4v) is 3.71. The highest BCUT2D eigenvalue weighted by Gasteiger charge is 2.30. The van der Waals surface area contributed by atoms with Crippen LogP contribution in [0.25, 0.3) is 5.70 Å². The summed E-state index contributed by atoms with van der Waals surface area (Å²) in [6.07, 6.45) is 12.4. The number of amides is 1. The Labute approximate surface area is 203 Å². The molecular weight excluding hydrogens is 446 g/mol. The first kappa shape index (κ1) is 22.9. The Balaban J connectivity index is 1.51. The van der Waals surface area contributed by atoms with E-state index in [0.29, 0.717) is 34.5 Å². The molecule has 0 radical (unpaired) electrons. The number of hydrogen-bond donors (Lipinski definition) is 4. The van der Waals surface area contributed by atoms with Gasteiger partial charge in [0.2, 0.25) is 0 Å². The van der Waals surface area contributed by atoms with Crippen molar-refractivity contribution in [2.45, 2.75) is 51.0 Å². The van der Waals surface area contributed by atoms with Crippen LogP contribution < -0.4 is 16.0 Å². The van der Waals surface area contributed by atoms with E-state index in [2.05, 4.69) is 31.0 Å². The number of nitrogens with zero attached hydrogens (tertiary/aromatic N) is 6. The lowest BCUT2D eigenvalue weighted by atomic mass is 10.1. The minimum Gasteiger partial charge on any atom is -0.394 e. The second-order valence-electron chi connectivity index (χ2n) is 9.65. The van der Waals surface area contributed by atoms with Crippen molar-refractivity contribution in [3.63, 3.8) is 0 Å². The lowest BCUT2D eigenvalue weighted by molar-refractivity contribution is 0.0860. The number of aliphatic hydroxyl groups is 1. The van der Waals surface area contributed by atoms with E-state index < -0.39 is 5.54 Å². The SMILES string of the molecule is Cn1ncc(NC(=C2CC2)c2nc(C3CC3)cnc2Nc2cncnc2)c1C(=O)NC(C)(C)CO. The average molecular weight is 476 g/mol. The van der Waals surface area contributed by atoms with E-state index in [1.54, 1.807) is 39.5 Å². The molecule has 2 aliphatic carbocycles. The van der Waals surface area contributed by atoms with Crippen LogP contribution in [0.15, 0.2) is 36.7 Å². The zero-order valence-corrected chi connectivity index (χ0v) is 20.0. The first-order valence-corrected chi connectivity index (χ1v) is 11.7. The van der Waals surface area contributed by atoms with Gasteiger partial charge in [0.15, 0.2) is 5.82 Å². The van der Waals surface area contributed by atoms with Gasteiger partial charge in [-0.3, -0.25) is 9.48 Å². The summed E-state index contributed by atoms with van der Waals surface area (Å²) in [4.78, 5) is 30.9. The topological polar surface area (TPSA) is 143 Å². The molecule has 2 saturated carbocycles. The Kier molecular flexibility index (Phi) is 5.93. The minimum atomic E-state index is -0.769. The van der Waals surface area contributed by atoms with Crippen molar-refractivity contribution in [1.29, 1.82) is 0 Å². The first-order valence-electron chi connectivity index (χ1n) is 11.7. The zero-order chi connectivity index (χ0) is 24.6. The quantitative estimate of drug-likeness (QED) is 0.367. The van der Waals surface area contributed by atoms with Gasteiger partial charge in [-0.05, 0) is 45.1 Å². The molecule has 4 N–H and O–H groups in total. The maximum atomic E-state index is 13.1. The van der Waals surface area contributed by atoms with Gasteiger partial charge in [-0.2, -0.15) is 5.10 Å². The highest BCUT2D eigenvalue weighted by atomic mass is 16.3. The third-order valence-electron chi connectivity index (χ3n) is 5.96. The number of allylic oxidation sites excluding steroid dienone is 1. The Morgan fingerprint density at radius 2 is 1.91 bits per heavy atom. The van der Waals surface area contributed by atoms with E-state index in [4.69, 9.17) is 9.97 Å². The Hall–Kier alpha value is -3.86. The molecule has 0 unspecified atom stereocenters. The lowest BCUT2D eigenvalue weighted by Crippen LogP contribution is -2.46. The van der Waals surface area contributed by atoms with Crippen molar-refractivity contribution in [1.82, 2.24) is 35.0 Å². The fourth-order valence-electron chi connectivity index (χ4n) is 3.71. The lowest BCUT2D eigenvalue weighted by Gasteiger charge is -2.24. The van der Waals surface area contributed by atoms with Crippen LogP contribution in [0.2, 0.25) is 0 Å². The number of hydrogen-bond acceptors (Lipinski definition) is 9. The van der Waals surface area contributed by atoms with Crippen molar-refractivity contribution in [3.05, 3.63) is 53.8 Å². The number of nitrogens with one attached hydrogen (secondary N) is 3. The fraction of sp³-hybridized carbons (Fsp3) is 0.417. The standard InChI is InChI=1S/C24H29N9O2/c1-24(2,12-34)32-23(35)21-18(11-28-33(21)3)31-19(15-6-7-15)20-22(29-16-8-25-13-26-9-16)27-10-17(30-20)14-4-5-14/h8-11,13-14,31,34H,4-7,12H2,1-3H3,(H,27,29)(H,32,35). The van der Waals surface area contributed by atoms with E-state index >= 15 is 0 Å². The van der Waals surface area contributed by atoms with Gasteiger partial charge in [0, 0.05) is 13.0 Å². The number of carbonyl (C=O) groups is 1. The minimum absolute atomic E-state index is 0.184. The predicted octanol–water partition coefficient (Wildman–Crippen LogP) is 2.74. The molecule has 0 aliphatic heterocycles. The molecule has 2 aliphatic rings. The Morgan fingerprint density at radius 1 is 1.17 bits per heavy atom. The van der Waals surface area contributed by atoms with Gasteiger partial charge in [0.05, 0.1) is 59.7 Å². The summed E-state index contributed by atoms with van der Waals surface area (Å²) in [6.45, 7) is 3.34. The first-order chi connectivity index (χ1) is 16.8. The molecule has 0 bridgehead atoms. The molecule has 2 fully saturated rings. The molecule has 3 heterocycles. The van der Waals surface area contributed by atoms with Crippen LogP contribution in [0, 0.1) is 0 Å². The van der Waals surface area contributed by atoms with Gasteiger partial charge >= 0.3 is 0 Å². The molecule has 0 spiro atoms. The Bertz CT molecular complexity index is 1270. The van der Waals surface area contributed by atoms with Crippen molar-refractivity contribution >= 4 is 28.8 Å². The highest BCUT2D eigenvalue weighted by molar-refractivity contribution is 6.00. The van der Waals surface area contributed by atoms with Crippen molar-refractivity contribution in [3.8, 4) is 0 Å². The van der Waals surface area contributed by atoms with E-state index in [1.807, 2.05) is 6.20 Å². The van der Waals surface area contributed by atoms with E-state index in [-0.39, 0.29) is 12.5 Å². The summed E-state index contributed by atoms with van der Waals surface area (Å²) >= 11 is 0. The van der Waals surface area contributed by atoms with Gasteiger partial charge in [0.25, 0.3) is 5.91 Å². The summed E-state index contributed by atoms with van der Waals surface area (Å²) in [6, 6.07) is 0. The monoisotopic (exact) mass is 475 g/mol. The number of rotatable bonds is 9. The second-order valence-corrected chi connectivity index (χ2v) is 9.65. The molecule has 11 nitrogen and oxygen atoms in total. The van der Waals surface area contributed by atoms with Crippen molar-refractivity contribution in [2.24, 2.45) is 7.05 Å². The van der Waals surface area contributed by atoms with Crippen LogP contribution in [0.5, 0.6) is 0 Å². The van der Waals surface area contributed by atoms with Crippen LogP contribution in [0.3, 0.4) is 0 Å². The van der Waals surface area contributed by atoms with Gasteiger partial charge in [0.1, 0.15) is 17.7 Å². The molecule has 0 saturated heterocycles. The van der Waals surface area contributed by atoms with Crippen molar-refractivity contribution < 1.29 is 9.90 Å². The number of aryl methyl sites for hydroxylation is 1. The summed E-state index contributed by atoms with van der Waals surface area (Å²) < 4.78 is 1.52. The van der Waals surface area contributed by atoms with E-state index in [0.717, 1.165) is 37.1 Å². The molecule has 0 atom stereocenters. The molecular formula is C24H29N9O2. The zero-order valence-electron chi connectivity index (χ0n) is 20.0. The molecule has 3 aromatic rings.